The SMILES string of the molecule is CN(Cc1ccsc1)C(=O)c1cccc(N)c1Br. The van der Waals surface area contributed by atoms with Gasteiger partial charge >= 0.3 is 0 Å². The van der Waals surface area contributed by atoms with Gasteiger partial charge in [-0.15, -0.1) is 0 Å². The second-order valence-corrected chi connectivity index (χ2v) is 5.57. The Bertz CT molecular complexity index is 554. The van der Waals surface area contributed by atoms with Crippen molar-refractivity contribution in [1.82, 2.24) is 4.90 Å². The van der Waals surface area contributed by atoms with Crippen LogP contribution in [0.2, 0.25) is 0 Å². The predicted molar refractivity (Wildman–Crippen MR) is 78.7 cm³/mol. The topological polar surface area (TPSA) is 46.3 Å². The number of rotatable bonds is 3. The van der Waals surface area contributed by atoms with E-state index in [2.05, 4.69) is 15.9 Å². The molecule has 2 N–H and O–H groups in total. The molecule has 0 saturated carbocycles. The molecule has 1 heterocycles. The lowest BCUT2D eigenvalue weighted by molar-refractivity contribution is 0.0784. The molecule has 0 aliphatic heterocycles. The summed E-state index contributed by atoms with van der Waals surface area (Å²) in [5, 5.41) is 4.04. The molecule has 2 rings (SSSR count). The summed E-state index contributed by atoms with van der Waals surface area (Å²) in [4.78, 5) is 14.0. The molecule has 18 heavy (non-hydrogen) atoms. The number of anilines is 1. The zero-order valence-corrected chi connectivity index (χ0v) is 12.3. The first-order valence-corrected chi connectivity index (χ1v) is 7.13. The maximum atomic E-state index is 12.3. The number of carbonyl (C=O) groups excluding carboxylic acids is 1. The fourth-order valence-corrected chi connectivity index (χ4v) is 2.74. The Balaban J connectivity index is 2.18. The second-order valence-electron chi connectivity index (χ2n) is 4.00. The first kappa shape index (κ1) is 13.1. The Morgan fingerprint density at radius 3 is 2.89 bits per heavy atom. The third kappa shape index (κ3) is 2.73. The van der Waals surface area contributed by atoms with Crippen LogP contribution in [0.25, 0.3) is 0 Å². The third-order valence-electron chi connectivity index (χ3n) is 2.61. The Hall–Kier alpha value is -1.33. The van der Waals surface area contributed by atoms with Gasteiger partial charge in [0.15, 0.2) is 0 Å². The number of halogens is 1. The van der Waals surface area contributed by atoms with Crippen molar-refractivity contribution in [1.29, 1.82) is 0 Å². The molecular weight excluding hydrogens is 312 g/mol. The van der Waals surface area contributed by atoms with Crippen LogP contribution in [0, 0.1) is 0 Å². The van der Waals surface area contributed by atoms with Gasteiger partial charge in [0.05, 0.1) is 10.0 Å². The lowest BCUT2D eigenvalue weighted by Gasteiger charge is -2.17. The largest absolute Gasteiger partial charge is 0.398 e. The monoisotopic (exact) mass is 324 g/mol. The average Bonchev–Trinajstić information content (AvgIpc) is 2.84. The van der Waals surface area contributed by atoms with Gasteiger partial charge in [-0.3, -0.25) is 4.79 Å². The highest BCUT2D eigenvalue weighted by Crippen LogP contribution is 2.25. The van der Waals surface area contributed by atoms with E-state index in [4.69, 9.17) is 5.73 Å². The smallest absolute Gasteiger partial charge is 0.255 e. The van der Waals surface area contributed by atoms with Crippen molar-refractivity contribution in [3.63, 3.8) is 0 Å². The molecule has 5 heteroatoms. The molecule has 0 fully saturated rings. The standard InChI is InChI=1S/C13H13BrN2OS/c1-16(7-9-5-6-18-8-9)13(17)10-3-2-4-11(15)12(10)14/h2-6,8H,7,15H2,1H3. The Morgan fingerprint density at radius 1 is 1.44 bits per heavy atom. The molecule has 0 aliphatic rings. The zero-order chi connectivity index (χ0) is 13.1. The van der Waals surface area contributed by atoms with E-state index >= 15 is 0 Å². The van der Waals surface area contributed by atoms with Crippen molar-refractivity contribution in [3.8, 4) is 0 Å². The molecule has 0 atom stereocenters. The molecular formula is C13H13BrN2OS. The van der Waals surface area contributed by atoms with Crippen LogP contribution in [0.4, 0.5) is 5.69 Å². The molecule has 1 aromatic carbocycles. The average molecular weight is 325 g/mol. The molecule has 1 aromatic heterocycles. The summed E-state index contributed by atoms with van der Waals surface area (Å²) >= 11 is 4.98. The first-order valence-electron chi connectivity index (χ1n) is 5.40. The molecule has 94 valence electrons. The van der Waals surface area contributed by atoms with Crippen molar-refractivity contribution in [2.75, 3.05) is 12.8 Å². The van der Waals surface area contributed by atoms with E-state index in [1.807, 2.05) is 16.8 Å². The summed E-state index contributed by atoms with van der Waals surface area (Å²) in [5.41, 5.74) is 8.08. The Morgan fingerprint density at radius 2 is 2.22 bits per heavy atom. The van der Waals surface area contributed by atoms with E-state index in [-0.39, 0.29) is 5.91 Å². The number of nitrogen functional groups attached to an aromatic ring is 1. The molecule has 2 aromatic rings. The summed E-state index contributed by atoms with van der Waals surface area (Å²) in [6, 6.07) is 7.33. The van der Waals surface area contributed by atoms with Crippen LogP contribution in [0.15, 0.2) is 39.5 Å². The minimum absolute atomic E-state index is 0.0413. The fourth-order valence-electron chi connectivity index (χ4n) is 1.65. The Kier molecular flexibility index (Phi) is 4.04. The third-order valence-corrected chi connectivity index (χ3v) is 4.22. The van der Waals surface area contributed by atoms with Gasteiger partial charge in [0.1, 0.15) is 0 Å². The molecule has 0 spiro atoms. The molecule has 0 bridgehead atoms. The van der Waals surface area contributed by atoms with E-state index in [0.29, 0.717) is 22.3 Å². The van der Waals surface area contributed by atoms with Gasteiger partial charge < -0.3 is 10.6 Å². The van der Waals surface area contributed by atoms with Crippen LogP contribution in [-0.4, -0.2) is 17.9 Å². The lowest BCUT2D eigenvalue weighted by atomic mass is 10.1. The number of amides is 1. The molecule has 0 unspecified atom stereocenters. The minimum atomic E-state index is -0.0413. The van der Waals surface area contributed by atoms with E-state index in [1.54, 1.807) is 41.5 Å². The van der Waals surface area contributed by atoms with Gasteiger partial charge in [0.25, 0.3) is 5.91 Å². The van der Waals surface area contributed by atoms with Crippen molar-refractivity contribution in [2.45, 2.75) is 6.54 Å². The summed E-state index contributed by atoms with van der Waals surface area (Å²) in [6.07, 6.45) is 0. The number of hydrogen-bond acceptors (Lipinski definition) is 3. The number of carbonyl (C=O) groups is 1. The van der Waals surface area contributed by atoms with Crippen LogP contribution >= 0.6 is 27.3 Å². The molecule has 0 aliphatic carbocycles. The van der Waals surface area contributed by atoms with Gasteiger partial charge in [-0.2, -0.15) is 11.3 Å². The van der Waals surface area contributed by atoms with Gasteiger partial charge in [0, 0.05) is 19.3 Å². The summed E-state index contributed by atoms with van der Waals surface area (Å²) in [6.45, 7) is 0.601. The van der Waals surface area contributed by atoms with Gasteiger partial charge in [-0.05, 0) is 50.5 Å². The van der Waals surface area contributed by atoms with Gasteiger partial charge in [-0.1, -0.05) is 6.07 Å². The maximum absolute atomic E-state index is 12.3. The molecule has 1 amide bonds. The van der Waals surface area contributed by atoms with Gasteiger partial charge in [-0.25, -0.2) is 0 Å². The minimum Gasteiger partial charge on any atom is -0.398 e. The highest BCUT2D eigenvalue weighted by atomic mass is 79.9. The molecule has 0 saturated heterocycles. The number of hydrogen-bond donors (Lipinski definition) is 1. The van der Waals surface area contributed by atoms with Crippen LogP contribution in [-0.2, 0) is 6.54 Å². The molecule has 3 nitrogen and oxygen atoms in total. The maximum Gasteiger partial charge on any atom is 0.255 e. The van der Waals surface area contributed by atoms with Crippen molar-refractivity contribution >= 4 is 38.9 Å². The van der Waals surface area contributed by atoms with Crippen LogP contribution in [0.1, 0.15) is 15.9 Å². The second kappa shape index (κ2) is 5.54. The number of benzene rings is 1. The summed E-state index contributed by atoms with van der Waals surface area (Å²) in [7, 11) is 1.79. The quantitative estimate of drug-likeness (QED) is 0.880. The summed E-state index contributed by atoms with van der Waals surface area (Å²) < 4.78 is 0.659. The highest BCUT2D eigenvalue weighted by molar-refractivity contribution is 9.10. The normalized spacial score (nSPS) is 10.3. The molecule has 0 radical (unpaired) electrons. The van der Waals surface area contributed by atoms with Crippen LogP contribution in [0.5, 0.6) is 0 Å². The van der Waals surface area contributed by atoms with Crippen molar-refractivity contribution < 1.29 is 4.79 Å². The number of thiophene rings is 1. The number of nitrogens with two attached hydrogens (primary N) is 1. The van der Waals surface area contributed by atoms with Crippen LogP contribution < -0.4 is 5.73 Å². The van der Waals surface area contributed by atoms with Crippen LogP contribution in [0.3, 0.4) is 0 Å². The fraction of sp³-hybridized carbons (Fsp3) is 0.154. The zero-order valence-electron chi connectivity index (χ0n) is 9.89. The van der Waals surface area contributed by atoms with E-state index in [1.165, 1.54) is 0 Å². The lowest BCUT2D eigenvalue weighted by Crippen LogP contribution is -2.26. The Labute approximate surface area is 118 Å². The summed E-state index contributed by atoms with van der Waals surface area (Å²) in [5.74, 6) is -0.0413. The van der Waals surface area contributed by atoms with E-state index < -0.39 is 0 Å². The predicted octanol–water partition coefficient (Wildman–Crippen LogP) is 3.37. The first-order chi connectivity index (χ1) is 8.59. The highest BCUT2D eigenvalue weighted by Gasteiger charge is 2.16. The van der Waals surface area contributed by atoms with E-state index in [9.17, 15) is 4.79 Å². The van der Waals surface area contributed by atoms with Gasteiger partial charge in [0.2, 0.25) is 0 Å². The van der Waals surface area contributed by atoms with E-state index in [0.717, 1.165) is 5.56 Å². The van der Waals surface area contributed by atoms with Crippen molar-refractivity contribution in [2.24, 2.45) is 0 Å². The van der Waals surface area contributed by atoms with Crippen molar-refractivity contribution in [3.05, 3.63) is 50.6 Å². The number of nitrogens with zero attached hydrogens (tertiary/aromatic N) is 1.